The number of hydrogen-bond donors (Lipinski definition) is 3. The van der Waals surface area contributed by atoms with Gasteiger partial charge < -0.3 is 10.6 Å². The lowest BCUT2D eigenvalue weighted by Crippen LogP contribution is -2.26. The highest BCUT2D eigenvalue weighted by atomic mass is 32.2. The Morgan fingerprint density at radius 3 is 2.25 bits per heavy atom. The molecule has 1 heterocycles. The van der Waals surface area contributed by atoms with Crippen molar-refractivity contribution in [1.29, 1.82) is 0 Å². The van der Waals surface area contributed by atoms with Gasteiger partial charge in [-0.3, -0.25) is 0 Å². The van der Waals surface area contributed by atoms with Crippen LogP contribution < -0.4 is 15.4 Å². The van der Waals surface area contributed by atoms with E-state index in [1.54, 1.807) is 7.05 Å². The molecule has 0 fully saturated rings. The summed E-state index contributed by atoms with van der Waals surface area (Å²) in [5, 5.41) is 6.09. The molecule has 0 amide bonds. The smallest absolute Gasteiger partial charge is 0.213 e. The van der Waals surface area contributed by atoms with E-state index in [4.69, 9.17) is 0 Å². The lowest BCUT2D eigenvalue weighted by Gasteiger charge is -2.15. The van der Waals surface area contributed by atoms with Crippen LogP contribution in [-0.2, 0) is 10.0 Å². The Labute approximate surface area is 120 Å². The molecule has 1 aromatic rings. The van der Waals surface area contributed by atoms with Gasteiger partial charge in [-0.25, -0.2) is 23.1 Å². The van der Waals surface area contributed by atoms with Gasteiger partial charge in [0.05, 0.1) is 5.75 Å². The van der Waals surface area contributed by atoms with Crippen molar-refractivity contribution in [1.82, 2.24) is 14.7 Å². The van der Waals surface area contributed by atoms with E-state index in [1.165, 1.54) is 7.05 Å². The van der Waals surface area contributed by atoms with Gasteiger partial charge >= 0.3 is 0 Å². The van der Waals surface area contributed by atoms with Gasteiger partial charge in [-0.2, -0.15) is 0 Å². The molecule has 0 radical (unpaired) electrons. The van der Waals surface area contributed by atoms with Crippen molar-refractivity contribution >= 4 is 21.7 Å². The van der Waals surface area contributed by atoms with Gasteiger partial charge in [-0.05, 0) is 14.0 Å². The summed E-state index contributed by atoms with van der Waals surface area (Å²) in [6.07, 6.45) is 0. The molecule has 1 rings (SSSR count). The van der Waals surface area contributed by atoms with Crippen molar-refractivity contribution in [3.63, 3.8) is 0 Å². The van der Waals surface area contributed by atoms with Crippen LogP contribution in [0.15, 0.2) is 0 Å². The summed E-state index contributed by atoms with van der Waals surface area (Å²) in [7, 11) is -0.0119. The Balaban J connectivity index is 2.91. The monoisotopic (exact) mass is 301 g/mol. The minimum Gasteiger partial charge on any atom is -0.373 e. The zero-order chi connectivity index (χ0) is 15.3. The van der Waals surface area contributed by atoms with Gasteiger partial charge in [-0.1, -0.05) is 13.8 Å². The summed E-state index contributed by atoms with van der Waals surface area (Å²) >= 11 is 0. The first-order valence-electron chi connectivity index (χ1n) is 6.52. The van der Waals surface area contributed by atoms with Crippen LogP contribution >= 0.6 is 0 Å². The third kappa shape index (κ3) is 4.31. The molecule has 0 aromatic carbocycles. The van der Waals surface area contributed by atoms with Crippen molar-refractivity contribution in [3.8, 4) is 0 Å². The number of hydrogen-bond acceptors (Lipinski definition) is 6. The zero-order valence-corrected chi connectivity index (χ0v) is 13.4. The van der Waals surface area contributed by atoms with Crippen molar-refractivity contribution in [2.24, 2.45) is 0 Å². The summed E-state index contributed by atoms with van der Waals surface area (Å²) in [4.78, 5) is 8.88. The quantitative estimate of drug-likeness (QED) is 0.693. The standard InChI is InChI=1S/C12H23N5O2S/c1-8(2)10-16-11(13-4)9(3)12(17-10)15-6-7-20(18,19)14-5/h8,14H,6-7H2,1-5H3,(H2,13,15,16,17). The van der Waals surface area contributed by atoms with E-state index < -0.39 is 10.0 Å². The third-order valence-corrected chi connectivity index (χ3v) is 4.25. The average molecular weight is 301 g/mol. The Hall–Kier alpha value is -1.41. The molecule has 0 atom stereocenters. The zero-order valence-electron chi connectivity index (χ0n) is 12.6. The van der Waals surface area contributed by atoms with Crippen LogP contribution in [0.5, 0.6) is 0 Å². The molecular weight excluding hydrogens is 278 g/mol. The van der Waals surface area contributed by atoms with Gasteiger partial charge in [0, 0.05) is 25.1 Å². The van der Waals surface area contributed by atoms with E-state index in [-0.39, 0.29) is 11.7 Å². The van der Waals surface area contributed by atoms with Crippen molar-refractivity contribution < 1.29 is 8.42 Å². The van der Waals surface area contributed by atoms with Crippen LogP contribution in [0, 0.1) is 6.92 Å². The molecule has 0 bridgehead atoms. The largest absolute Gasteiger partial charge is 0.373 e. The Morgan fingerprint density at radius 2 is 1.75 bits per heavy atom. The summed E-state index contributed by atoms with van der Waals surface area (Å²) in [5.74, 6) is 2.34. The molecule has 8 heteroatoms. The summed E-state index contributed by atoms with van der Waals surface area (Å²) in [6, 6.07) is 0. The van der Waals surface area contributed by atoms with Crippen LogP contribution in [0.2, 0.25) is 0 Å². The fourth-order valence-corrected chi connectivity index (χ4v) is 2.19. The SMILES string of the molecule is CNc1nc(C(C)C)nc(NCCS(=O)(=O)NC)c1C. The topological polar surface area (TPSA) is 96.0 Å². The average Bonchev–Trinajstić information content (AvgIpc) is 2.40. The summed E-state index contributed by atoms with van der Waals surface area (Å²) < 4.78 is 25.0. The molecular formula is C12H23N5O2S. The van der Waals surface area contributed by atoms with E-state index in [0.717, 1.165) is 17.2 Å². The highest BCUT2D eigenvalue weighted by Crippen LogP contribution is 2.22. The molecule has 0 aliphatic heterocycles. The predicted octanol–water partition coefficient (Wildman–Crippen LogP) is 0.911. The second-order valence-corrected chi connectivity index (χ2v) is 6.80. The van der Waals surface area contributed by atoms with Crippen molar-refractivity contribution in [3.05, 3.63) is 11.4 Å². The number of nitrogens with one attached hydrogen (secondary N) is 3. The maximum Gasteiger partial charge on any atom is 0.213 e. The number of nitrogens with zero attached hydrogens (tertiary/aromatic N) is 2. The molecule has 0 saturated heterocycles. The van der Waals surface area contributed by atoms with E-state index in [9.17, 15) is 8.42 Å². The lowest BCUT2D eigenvalue weighted by molar-refractivity contribution is 0.588. The van der Waals surface area contributed by atoms with Crippen LogP contribution in [-0.4, -0.2) is 44.8 Å². The Morgan fingerprint density at radius 1 is 1.15 bits per heavy atom. The molecule has 0 aliphatic rings. The first-order chi connectivity index (χ1) is 9.30. The second-order valence-electron chi connectivity index (χ2n) is 4.76. The highest BCUT2D eigenvalue weighted by molar-refractivity contribution is 7.89. The molecule has 20 heavy (non-hydrogen) atoms. The van der Waals surface area contributed by atoms with E-state index >= 15 is 0 Å². The number of anilines is 2. The molecule has 0 spiro atoms. The molecule has 0 saturated carbocycles. The fourth-order valence-electron chi connectivity index (χ4n) is 1.61. The predicted molar refractivity (Wildman–Crippen MR) is 81.7 cm³/mol. The molecule has 7 nitrogen and oxygen atoms in total. The Kier molecular flexibility index (Phi) is 5.70. The minimum atomic E-state index is -3.22. The number of sulfonamides is 1. The first kappa shape index (κ1) is 16.6. The third-order valence-electron chi connectivity index (χ3n) is 2.89. The minimum absolute atomic E-state index is 0.00115. The van der Waals surface area contributed by atoms with Gasteiger partial charge in [0.25, 0.3) is 0 Å². The molecule has 1 aromatic heterocycles. The maximum absolute atomic E-state index is 11.4. The Bertz CT molecular complexity index is 557. The maximum atomic E-state index is 11.4. The molecule has 0 unspecified atom stereocenters. The van der Waals surface area contributed by atoms with Crippen LogP contribution in [0.1, 0.15) is 31.2 Å². The van der Waals surface area contributed by atoms with E-state index in [2.05, 4.69) is 25.3 Å². The molecule has 0 aliphatic carbocycles. The van der Waals surface area contributed by atoms with E-state index in [0.29, 0.717) is 12.4 Å². The fraction of sp³-hybridized carbons (Fsp3) is 0.667. The van der Waals surface area contributed by atoms with Crippen LogP contribution in [0.4, 0.5) is 11.6 Å². The van der Waals surface area contributed by atoms with E-state index in [1.807, 2.05) is 20.8 Å². The summed E-state index contributed by atoms with van der Waals surface area (Å²) in [6.45, 7) is 6.21. The normalized spacial score (nSPS) is 11.7. The van der Waals surface area contributed by atoms with Gasteiger partial charge in [0.1, 0.15) is 17.5 Å². The molecule has 3 N–H and O–H groups in total. The van der Waals surface area contributed by atoms with Gasteiger partial charge in [0.2, 0.25) is 10.0 Å². The van der Waals surface area contributed by atoms with Crippen molar-refractivity contribution in [2.45, 2.75) is 26.7 Å². The van der Waals surface area contributed by atoms with Crippen molar-refractivity contribution in [2.75, 3.05) is 37.0 Å². The van der Waals surface area contributed by atoms with Crippen LogP contribution in [0.3, 0.4) is 0 Å². The first-order valence-corrected chi connectivity index (χ1v) is 8.17. The van der Waals surface area contributed by atoms with Gasteiger partial charge in [-0.15, -0.1) is 0 Å². The number of rotatable bonds is 7. The highest BCUT2D eigenvalue weighted by Gasteiger charge is 2.13. The van der Waals surface area contributed by atoms with Gasteiger partial charge in [0.15, 0.2) is 0 Å². The number of aromatic nitrogens is 2. The lowest BCUT2D eigenvalue weighted by atomic mass is 10.2. The summed E-state index contributed by atoms with van der Waals surface area (Å²) in [5.41, 5.74) is 0.874. The molecule has 114 valence electrons. The van der Waals surface area contributed by atoms with Crippen LogP contribution in [0.25, 0.3) is 0 Å². The second kappa shape index (κ2) is 6.85.